The van der Waals surface area contributed by atoms with Crippen LogP contribution in [0.4, 0.5) is 15.5 Å². The Labute approximate surface area is 223 Å². The summed E-state index contributed by atoms with van der Waals surface area (Å²) in [5.41, 5.74) is 11.7. The average Bonchev–Trinajstić information content (AvgIpc) is 3.00. The highest BCUT2D eigenvalue weighted by Crippen LogP contribution is 2.43. The summed E-state index contributed by atoms with van der Waals surface area (Å²) >= 11 is 13.5. The Morgan fingerprint density at radius 2 is 1.92 bits per heavy atom. The summed E-state index contributed by atoms with van der Waals surface area (Å²) in [6.07, 6.45) is 0.764. The van der Waals surface area contributed by atoms with Gasteiger partial charge in [0.2, 0.25) is 11.8 Å². The number of urea groups is 1. The first kappa shape index (κ1) is 27.9. The topological polar surface area (TPSA) is 142 Å². The molecule has 0 bridgehead atoms. The van der Waals surface area contributed by atoms with Crippen molar-refractivity contribution in [2.75, 3.05) is 17.2 Å². The van der Waals surface area contributed by atoms with Crippen molar-refractivity contribution in [1.82, 2.24) is 10.9 Å². The van der Waals surface area contributed by atoms with Crippen LogP contribution in [-0.4, -0.2) is 30.2 Å². The molecule has 0 spiro atoms. The number of carbonyl (C=O) groups excluding carboxylic acids is 4. The fraction of sp³-hybridized carbons (Fsp3) is 0.417. The average molecular weight is 555 g/mol. The van der Waals surface area contributed by atoms with Gasteiger partial charge in [-0.1, -0.05) is 50.0 Å². The predicted molar refractivity (Wildman–Crippen MR) is 143 cm³/mol. The van der Waals surface area contributed by atoms with E-state index in [1.54, 1.807) is 18.2 Å². The molecule has 1 aliphatic heterocycles. The van der Waals surface area contributed by atoms with E-state index in [0.29, 0.717) is 33.3 Å². The molecule has 1 aromatic carbocycles. The first-order valence-electron chi connectivity index (χ1n) is 11.4. The number of carbonyl (C=O) groups is 4. The van der Waals surface area contributed by atoms with Crippen LogP contribution in [0.15, 0.2) is 18.2 Å². The number of primary amides is 1. The van der Waals surface area contributed by atoms with Crippen molar-refractivity contribution in [3.63, 3.8) is 0 Å². The maximum absolute atomic E-state index is 13.8. The molecular weight excluding hydrogens is 525 g/mol. The molecule has 1 saturated heterocycles. The van der Waals surface area contributed by atoms with Gasteiger partial charge in [-0.2, -0.15) is 0 Å². The fourth-order valence-corrected chi connectivity index (χ4v) is 5.52. The molecule has 0 aliphatic carbocycles. The molecule has 2 aromatic rings. The molecule has 1 fully saturated rings. The number of hydrazine groups is 1. The zero-order valence-corrected chi connectivity index (χ0v) is 22.5. The third-order valence-corrected chi connectivity index (χ3v) is 8.04. The van der Waals surface area contributed by atoms with Gasteiger partial charge in [0, 0.05) is 35.7 Å². The lowest BCUT2D eigenvalue weighted by Crippen LogP contribution is -2.38. The van der Waals surface area contributed by atoms with Gasteiger partial charge in [0.05, 0.1) is 15.7 Å². The Hall–Kier alpha value is -2.66. The van der Waals surface area contributed by atoms with Gasteiger partial charge in [0.1, 0.15) is 5.00 Å². The lowest BCUT2D eigenvalue weighted by molar-refractivity contribution is -0.121. The number of Topliss-reactive ketones (excluding diaryl/α,β-unsaturated/α-hetero) is 1. The zero-order valence-electron chi connectivity index (χ0n) is 20.2. The molecule has 194 valence electrons. The largest absolute Gasteiger partial charge is 0.370 e. The van der Waals surface area contributed by atoms with Crippen LogP contribution in [0.25, 0.3) is 0 Å². The second kappa shape index (κ2) is 11.6. The Bertz CT molecular complexity index is 1190. The highest BCUT2D eigenvalue weighted by atomic mass is 35.5. The van der Waals surface area contributed by atoms with Crippen LogP contribution in [0.5, 0.6) is 0 Å². The minimum absolute atomic E-state index is 0.0000251. The molecule has 1 atom stereocenters. The van der Waals surface area contributed by atoms with Crippen LogP contribution in [0.2, 0.25) is 10.0 Å². The van der Waals surface area contributed by atoms with Gasteiger partial charge in [-0.05, 0) is 36.0 Å². The summed E-state index contributed by atoms with van der Waals surface area (Å²) in [7, 11) is 0. The van der Waals surface area contributed by atoms with Crippen LogP contribution in [0.3, 0.4) is 0 Å². The summed E-state index contributed by atoms with van der Waals surface area (Å²) in [5, 5.41) is 6.42. The second-order valence-corrected chi connectivity index (χ2v) is 11.3. The number of thiophene rings is 1. The van der Waals surface area contributed by atoms with Gasteiger partial charge >= 0.3 is 6.03 Å². The summed E-state index contributed by atoms with van der Waals surface area (Å²) in [6.45, 7) is 6.19. The Balaban J connectivity index is 2.01. The van der Waals surface area contributed by atoms with E-state index >= 15 is 0 Å². The van der Waals surface area contributed by atoms with E-state index in [9.17, 15) is 19.2 Å². The Kier molecular flexibility index (Phi) is 8.99. The number of hydrogen-bond donors (Lipinski definition) is 5. The fourth-order valence-electron chi connectivity index (χ4n) is 3.87. The van der Waals surface area contributed by atoms with E-state index < -0.39 is 23.3 Å². The smallest absolute Gasteiger partial charge is 0.324 e. The van der Waals surface area contributed by atoms with Gasteiger partial charge in [0.25, 0.3) is 0 Å². The monoisotopic (exact) mass is 553 g/mol. The Morgan fingerprint density at radius 3 is 2.58 bits per heavy atom. The minimum atomic E-state index is -0.578. The lowest BCUT2D eigenvalue weighted by atomic mass is 9.83. The van der Waals surface area contributed by atoms with Gasteiger partial charge in [0.15, 0.2) is 5.78 Å². The predicted octanol–water partition coefficient (Wildman–Crippen LogP) is 4.63. The summed E-state index contributed by atoms with van der Waals surface area (Å²) in [4.78, 5) is 50.9. The second-order valence-electron chi connectivity index (χ2n) is 9.54. The molecule has 36 heavy (non-hydrogen) atoms. The van der Waals surface area contributed by atoms with Crippen LogP contribution in [0, 0.1) is 5.92 Å². The third-order valence-electron chi connectivity index (χ3n) is 5.65. The number of rotatable bonds is 7. The number of nitrogens with two attached hydrogens (primary N) is 1. The SMILES string of the molecule is CC(C)(C)c1sc(NC(=O)Nc2cccc(Cl)c2Cl)c(CCC(N)=O)c1C(=O)C1CCC(=O)NNC1. The minimum Gasteiger partial charge on any atom is -0.370 e. The first-order valence-corrected chi connectivity index (χ1v) is 13.0. The van der Waals surface area contributed by atoms with Crippen LogP contribution < -0.4 is 27.2 Å². The molecule has 0 radical (unpaired) electrons. The molecule has 9 nitrogen and oxygen atoms in total. The molecule has 4 amide bonds. The summed E-state index contributed by atoms with van der Waals surface area (Å²) in [6, 6.07) is 4.29. The molecule has 12 heteroatoms. The van der Waals surface area contributed by atoms with Crippen molar-refractivity contribution < 1.29 is 19.2 Å². The van der Waals surface area contributed by atoms with Gasteiger partial charge in [-0.3, -0.25) is 25.1 Å². The van der Waals surface area contributed by atoms with Crippen LogP contribution in [-0.2, 0) is 21.4 Å². The first-order chi connectivity index (χ1) is 16.9. The summed E-state index contributed by atoms with van der Waals surface area (Å²) in [5.74, 6) is -1.31. The van der Waals surface area contributed by atoms with E-state index in [-0.39, 0.29) is 42.5 Å². The van der Waals surface area contributed by atoms with Gasteiger partial charge in [-0.25, -0.2) is 10.2 Å². The quantitative estimate of drug-likeness (QED) is 0.317. The van der Waals surface area contributed by atoms with E-state index in [0.717, 1.165) is 4.88 Å². The van der Waals surface area contributed by atoms with E-state index in [2.05, 4.69) is 21.5 Å². The maximum Gasteiger partial charge on any atom is 0.324 e. The van der Waals surface area contributed by atoms with Crippen molar-refractivity contribution in [2.24, 2.45) is 11.7 Å². The van der Waals surface area contributed by atoms with Crippen LogP contribution in [0.1, 0.15) is 60.8 Å². The van der Waals surface area contributed by atoms with E-state index in [1.165, 1.54) is 11.3 Å². The molecule has 1 aliphatic rings. The van der Waals surface area contributed by atoms with Crippen molar-refractivity contribution in [2.45, 2.75) is 51.9 Å². The number of ketones is 1. The van der Waals surface area contributed by atoms with Gasteiger partial charge in [-0.15, -0.1) is 11.3 Å². The molecule has 0 saturated carbocycles. The molecule has 1 unspecified atom stereocenters. The molecular formula is C24H29Cl2N5O4S. The number of halogens is 2. The normalized spacial score (nSPS) is 16.1. The molecule has 6 N–H and O–H groups in total. The van der Waals surface area contributed by atoms with Crippen molar-refractivity contribution >= 4 is 68.9 Å². The van der Waals surface area contributed by atoms with Crippen molar-refractivity contribution in [3.8, 4) is 0 Å². The third kappa shape index (κ3) is 6.76. The maximum atomic E-state index is 13.8. The highest BCUT2D eigenvalue weighted by Gasteiger charge is 2.34. The van der Waals surface area contributed by atoms with Crippen LogP contribution >= 0.6 is 34.5 Å². The lowest BCUT2D eigenvalue weighted by Gasteiger charge is -2.21. The van der Waals surface area contributed by atoms with E-state index in [1.807, 2.05) is 20.8 Å². The van der Waals surface area contributed by atoms with Crippen molar-refractivity contribution in [3.05, 3.63) is 44.2 Å². The molecule has 2 heterocycles. The standard InChI is InChI=1S/C24H29Cl2N5O4S/c1-24(2,3)21-18(20(34)12-7-10-17(33)31-28-11-12)13(8-9-16(27)32)22(36-21)30-23(35)29-15-6-4-5-14(25)19(15)26/h4-6,12,28H,7-11H2,1-3H3,(H2,27,32)(H,31,33)(H2,29,30,35). The number of anilines is 2. The zero-order chi connectivity index (χ0) is 26.6. The number of nitrogens with one attached hydrogen (secondary N) is 4. The van der Waals surface area contributed by atoms with E-state index in [4.69, 9.17) is 28.9 Å². The van der Waals surface area contributed by atoms with Gasteiger partial charge < -0.3 is 11.1 Å². The Morgan fingerprint density at radius 1 is 1.19 bits per heavy atom. The summed E-state index contributed by atoms with van der Waals surface area (Å²) < 4.78 is 0. The van der Waals surface area contributed by atoms with Crippen molar-refractivity contribution in [1.29, 1.82) is 0 Å². The number of amides is 4. The number of benzene rings is 1. The highest BCUT2D eigenvalue weighted by molar-refractivity contribution is 7.17. The molecule has 1 aromatic heterocycles. The number of hydrogen-bond acceptors (Lipinski definition) is 6. The molecule has 3 rings (SSSR count).